The lowest BCUT2D eigenvalue weighted by Gasteiger charge is -2.31. The number of para-hydroxylation sites is 1. The summed E-state index contributed by atoms with van der Waals surface area (Å²) in [6, 6.07) is 7.09. The lowest BCUT2D eigenvalue weighted by Crippen LogP contribution is -2.24. The van der Waals surface area contributed by atoms with Crippen molar-refractivity contribution in [3.8, 4) is 11.3 Å². The van der Waals surface area contributed by atoms with E-state index in [9.17, 15) is 9.59 Å². The highest BCUT2D eigenvalue weighted by atomic mass is 16.2. The van der Waals surface area contributed by atoms with Crippen molar-refractivity contribution < 1.29 is 13.7 Å². The zero-order valence-corrected chi connectivity index (χ0v) is 17.2. The Kier molecular flexibility index (Phi) is 4.08. The maximum absolute atomic E-state index is 12.7. The molecule has 2 aromatic heterocycles. The summed E-state index contributed by atoms with van der Waals surface area (Å²) in [6.45, 7) is -2.13. The van der Waals surface area contributed by atoms with E-state index in [1.54, 1.807) is 6.20 Å². The molecule has 3 N–H and O–H groups in total. The predicted octanol–water partition coefficient (Wildman–Crippen LogP) is 2.34. The summed E-state index contributed by atoms with van der Waals surface area (Å²) in [6.07, 6.45) is 4.90. The molecule has 0 atom stereocenters. The fraction of sp³-hybridized carbons (Fsp3) is 0.273. The molecule has 162 valence electrons. The van der Waals surface area contributed by atoms with E-state index in [0.29, 0.717) is 12.2 Å². The molecule has 0 radical (unpaired) electrons. The van der Waals surface area contributed by atoms with Gasteiger partial charge in [-0.1, -0.05) is 12.1 Å². The number of rotatable bonds is 5. The summed E-state index contributed by atoms with van der Waals surface area (Å²) in [5.74, 6) is -0.982. The molecular formula is C22H22N8O2. The highest BCUT2D eigenvalue weighted by Gasteiger charge is 2.30. The predicted molar refractivity (Wildman–Crippen MR) is 120 cm³/mol. The van der Waals surface area contributed by atoms with Crippen LogP contribution >= 0.6 is 0 Å². The number of hydrogen-bond donors (Lipinski definition) is 3. The highest BCUT2D eigenvalue weighted by Crippen LogP contribution is 2.42. The molecule has 1 aromatic carbocycles. The van der Waals surface area contributed by atoms with Crippen LogP contribution in [0.15, 0.2) is 36.8 Å². The number of nitrogens with zero attached hydrogens (tertiary/aromatic N) is 5. The fourth-order valence-electron chi connectivity index (χ4n) is 3.79. The van der Waals surface area contributed by atoms with Gasteiger partial charge in [-0.3, -0.25) is 9.59 Å². The summed E-state index contributed by atoms with van der Waals surface area (Å²) in [7, 11) is 1.92. The molecule has 3 aromatic rings. The molecule has 2 amide bonds. The van der Waals surface area contributed by atoms with Gasteiger partial charge in [0.15, 0.2) is 11.5 Å². The zero-order valence-electron chi connectivity index (χ0n) is 20.2. The SMILES string of the molecule is [2H]C([2H])([2H])NC(=O)c1nnc(NC(=O)C2CC2)cc1Nc1cccc2c1N(C)Cc1cncnc1-2. The van der Waals surface area contributed by atoms with E-state index in [2.05, 4.69) is 30.8 Å². The van der Waals surface area contributed by atoms with Gasteiger partial charge in [-0.2, -0.15) is 0 Å². The molecule has 0 bridgehead atoms. The van der Waals surface area contributed by atoms with Crippen LogP contribution in [0.25, 0.3) is 11.3 Å². The maximum Gasteiger partial charge on any atom is 0.273 e. The molecule has 1 fully saturated rings. The van der Waals surface area contributed by atoms with Gasteiger partial charge >= 0.3 is 0 Å². The molecule has 0 unspecified atom stereocenters. The summed E-state index contributed by atoms with van der Waals surface area (Å²) < 4.78 is 22.1. The Morgan fingerprint density at radius 3 is 2.91 bits per heavy atom. The van der Waals surface area contributed by atoms with E-state index in [1.165, 1.54) is 12.4 Å². The number of amides is 2. The van der Waals surface area contributed by atoms with Gasteiger partial charge in [0.25, 0.3) is 5.91 Å². The number of nitrogens with one attached hydrogen (secondary N) is 3. The molecule has 10 heteroatoms. The molecule has 0 saturated heterocycles. The van der Waals surface area contributed by atoms with E-state index in [1.807, 2.05) is 35.5 Å². The minimum absolute atomic E-state index is 0.0522. The Labute approximate surface area is 188 Å². The summed E-state index contributed by atoms with van der Waals surface area (Å²) in [4.78, 5) is 35.5. The van der Waals surface area contributed by atoms with Crippen LogP contribution in [0.5, 0.6) is 0 Å². The van der Waals surface area contributed by atoms with Crippen molar-refractivity contribution in [2.75, 3.05) is 29.6 Å². The summed E-state index contributed by atoms with van der Waals surface area (Å²) >= 11 is 0. The number of anilines is 4. The number of carbonyl (C=O) groups is 2. The lowest BCUT2D eigenvalue weighted by atomic mass is 9.98. The van der Waals surface area contributed by atoms with Crippen LogP contribution in [0.2, 0.25) is 0 Å². The van der Waals surface area contributed by atoms with E-state index < -0.39 is 12.9 Å². The topological polar surface area (TPSA) is 125 Å². The second-order valence-corrected chi connectivity index (χ2v) is 7.79. The quantitative estimate of drug-likeness (QED) is 0.560. The number of benzene rings is 1. The van der Waals surface area contributed by atoms with Gasteiger partial charge in [0, 0.05) is 54.0 Å². The zero-order chi connectivity index (χ0) is 24.7. The van der Waals surface area contributed by atoms with Crippen molar-refractivity contribution in [2.45, 2.75) is 19.4 Å². The number of fused-ring (bicyclic) bond motifs is 3. The lowest BCUT2D eigenvalue weighted by molar-refractivity contribution is -0.117. The third kappa shape index (κ3) is 3.59. The van der Waals surface area contributed by atoms with Crippen LogP contribution < -0.4 is 20.9 Å². The molecule has 1 saturated carbocycles. The van der Waals surface area contributed by atoms with Gasteiger partial charge in [0.05, 0.1) is 22.8 Å². The number of hydrogen-bond acceptors (Lipinski definition) is 8. The first kappa shape index (κ1) is 16.6. The van der Waals surface area contributed by atoms with Crippen LogP contribution in [0.4, 0.5) is 22.9 Å². The monoisotopic (exact) mass is 433 g/mol. The van der Waals surface area contributed by atoms with Crippen LogP contribution in [-0.2, 0) is 11.3 Å². The van der Waals surface area contributed by atoms with Crippen molar-refractivity contribution in [1.82, 2.24) is 25.5 Å². The summed E-state index contributed by atoms with van der Waals surface area (Å²) in [5, 5.41) is 15.7. The molecule has 5 rings (SSSR count). The second-order valence-electron chi connectivity index (χ2n) is 7.79. The third-order valence-electron chi connectivity index (χ3n) is 5.46. The average Bonchev–Trinajstić information content (AvgIpc) is 3.64. The maximum atomic E-state index is 12.7. The van der Waals surface area contributed by atoms with Crippen molar-refractivity contribution in [1.29, 1.82) is 0 Å². The van der Waals surface area contributed by atoms with E-state index >= 15 is 0 Å². The molecule has 32 heavy (non-hydrogen) atoms. The first-order valence-corrected chi connectivity index (χ1v) is 10.1. The molecule has 1 aliphatic heterocycles. The Bertz CT molecular complexity index is 1330. The highest BCUT2D eigenvalue weighted by molar-refractivity contribution is 6.01. The van der Waals surface area contributed by atoms with Crippen LogP contribution in [-0.4, -0.2) is 46.0 Å². The molecular weight excluding hydrogens is 408 g/mol. The molecule has 2 aliphatic rings. The van der Waals surface area contributed by atoms with Gasteiger partial charge in [-0.15, -0.1) is 10.2 Å². The smallest absolute Gasteiger partial charge is 0.273 e. The van der Waals surface area contributed by atoms with Gasteiger partial charge in [0.1, 0.15) is 6.33 Å². The second kappa shape index (κ2) is 7.88. The number of carbonyl (C=O) groups excluding carboxylic acids is 2. The Balaban J connectivity index is 1.55. The Morgan fingerprint density at radius 2 is 2.09 bits per heavy atom. The van der Waals surface area contributed by atoms with Crippen molar-refractivity contribution in [3.05, 3.63) is 48.0 Å². The van der Waals surface area contributed by atoms with E-state index in [4.69, 9.17) is 4.11 Å². The fourth-order valence-corrected chi connectivity index (χ4v) is 3.79. The average molecular weight is 433 g/mol. The third-order valence-corrected chi connectivity index (χ3v) is 5.46. The van der Waals surface area contributed by atoms with E-state index in [-0.39, 0.29) is 29.0 Å². The van der Waals surface area contributed by atoms with Gasteiger partial charge in [-0.25, -0.2) is 9.97 Å². The standard InChI is InChI=1S/C22H22N8O2/c1-23-22(32)19-16(8-17(28-29-19)27-21(31)12-6-7-12)26-15-5-3-4-14-18-13(9-24-11-25-18)10-30(2)20(14)15/h3-5,8-9,11-12H,6-7,10H2,1-2H3,(H,23,32)(H2,26,27,28,31)/i1D3. The first-order valence-electron chi connectivity index (χ1n) is 11.6. The van der Waals surface area contributed by atoms with Crippen molar-refractivity contribution >= 4 is 34.7 Å². The summed E-state index contributed by atoms with van der Waals surface area (Å²) in [5.41, 5.74) is 4.12. The van der Waals surface area contributed by atoms with Crippen molar-refractivity contribution in [2.24, 2.45) is 5.92 Å². The first-order chi connectivity index (χ1) is 16.7. The van der Waals surface area contributed by atoms with Gasteiger partial charge in [0.2, 0.25) is 5.91 Å². The molecule has 3 heterocycles. The van der Waals surface area contributed by atoms with Crippen LogP contribution in [0, 0.1) is 5.92 Å². The van der Waals surface area contributed by atoms with Crippen molar-refractivity contribution in [3.63, 3.8) is 0 Å². The Morgan fingerprint density at radius 1 is 1.22 bits per heavy atom. The van der Waals surface area contributed by atoms with Crippen LogP contribution in [0.3, 0.4) is 0 Å². The normalized spacial score (nSPS) is 16.0. The van der Waals surface area contributed by atoms with E-state index in [0.717, 1.165) is 35.3 Å². The molecule has 10 nitrogen and oxygen atoms in total. The minimum atomic E-state index is -2.70. The minimum Gasteiger partial charge on any atom is -0.368 e. The largest absolute Gasteiger partial charge is 0.368 e. The van der Waals surface area contributed by atoms with Crippen LogP contribution in [0.1, 0.15) is 33.0 Å². The number of aromatic nitrogens is 4. The molecule has 0 spiro atoms. The molecule has 1 aliphatic carbocycles. The van der Waals surface area contributed by atoms with Gasteiger partial charge in [-0.05, 0) is 18.9 Å². The Hall–Kier alpha value is -4.08. The van der Waals surface area contributed by atoms with Gasteiger partial charge < -0.3 is 20.9 Å².